The first kappa shape index (κ1) is 22.9. The summed E-state index contributed by atoms with van der Waals surface area (Å²) in [5.74, 6) is 0.350. The molecule has 9 heteroatoms. The molecule has 0 unspecified atom stereocenters. The van der Waals surface area contributed by atoms with Crippen LogP contribution in [0, 0.1) is 5.92 Å². The number of hydrogen-bond donors (Lipinski definition) is 1. The molecule has 1 aromatic heterocycles. The summed E-state index contributed by atoms with van der Waals surface area (Å²) in [5.41, 5.74) is 0.623. The number of fused-ring (bicyclic) bond motifs is 1. The Morgan fingerprint density at radius 1 is 1.12 bits per heavy atom. The van der Waals surface area contributed by atoms with Crippen molar-refractivity contribution in [2.75, 3.05) is 27.4 Å². The highest BCUT2D eigenvalue weighted by molar-refractivity contribution is 6.34. The number of hydrogen-bond acceptors (Lipinski definition) is 7. The lowest BCUT2D eigenvalue weighted by Gasteiger charge is -2.32. The van der Waals surface area contributed by atoms with Crippen molar-refractivity contribution < 1.29 is 33.3 Å². The normalized spacial score (nSPS) is 17.4. The highest BCUT2D eigenvalue weighted by atomic mass is 35.5. The standard InChI is InChI=1S/C24H23ClO8/c1-29-20-10-13(19-12-18(26)16-4-3-5-17(25)22(16)33-19)11-21(23(20)30-2)32-7-6-31-15-8-14(9-15)24(27)28/h3-5,10-12,14-15H,6-9H2,1-2H3,(H,27,28)/t14-,15-. The fraction of sp³-hybridized carbons (Fsp3) is 0.333. The number of carboxylic acid groups (broad SMARTS) is 1. The minimum atomic E-state index is -0.790. The van der Waals surface area contributed by atoms with Gasteiger partial charge in [0.15, 0.2) is 22.5 Å². The highest BCUT2D eigenvalue weighted by Crippen LogP contribution is 2.42. The first-order valence-corrected chi connectivity index (χ1v) is 10.7. The molecule has 1 saturated carbocycles. The molecule has 4 rings (SSSR count). The molecule has 0 bridgehead atoms. The van der Waals surface area contributed by atoms with E-state index in [0.717, 1.165) is 0 Å². The highest BCUT2D eigenvalue weighted by Gasteiger charge is 2.35. The summed E-state index contributed by atoms with van der Waals surface area (Å²) in [7, 11) is 2.99. The van der Waals surface area contributed by atoms with E-state index in [9.17, 15) is 9.59 Å². The van der Waals surface area contributed by atoms with Gasteiger partial charge < -0.3 is 28.5 Å². The van der Waals surface area contributed by atoms with Crippen LogP contribution in [0.25, 0.3) is 22.3 Å². The van der Waals surface area contributed by atoms with E-state index in [1.54, 1.807) is 30.3 Å². The molecule has 174 valence electrons. The molecule has 1 N–H and O–H groups in total. The third kappa shape index (κ3) is 4.77. The Morgan fingerprint density at radius 2 is 1.88 bits per heavy atom. The van der Waals surface area contributed by atoms with Crippen molar-refractivity contribution in [1.82, 2.24) is 0 Å². The first-order chi connectivity index (χ1) is 15.9. The van der Waals surface area contributed by atoms with Crippen LogP contribution in [0.1, 0.15) is 12.8 Å². The van der Waals surface area contributed by atoms with Gasteiger partial charge in [0.1, 0.15) is 12.4 Å². The second kappa shape index (κ2) is 9.72. The summed E-state index contributed by atoms with van der Waals surface area (Å²) in [6.45, 7) is 0.498. The molecule has 2 aromatic carbocycles. The zero-order valence-electron chi connectivity index (χ0n) is 18.1. The number of carboxylic acids is 1. The third-order valence-electron chi connectivity index (χ3n) is 5.57. The minimum Gasteiger partial charge on any atom is -0.493 e. The summed E-state index contributed by atoms with van der Waals surface area (Å²) in [6, 6.07) is 9.76. The number of halogens is 1. The van der Waals surface area contributed by atoms with Gasteiger partial charge in [-0.25, -0.2) is 0 Å². The zero-order valence-corrected chi connectivity index (χ0v) is 18.9. The lowest BCUT2D eigenvalue weighted by Crippen LogP contribution is -2.37. The van der Waals surface area contributed by atoms with E-state index < -0.39 is 5.97 Å². The number of ether oxygens (including phenoxy) is 4. The van der Waals surface area contributed by atoms with Gasteiger partial charge in [0.25, 0.3) is 0 Å². The van der Waals surface area contributed by atoms with Crippen molar-refractivity contribution >= 4 is 28.5 Å². The molecule has 1 heterocycles. The summed E-state index contributed by atoms with van der Waals surface area (Å²) in [6.07, 6.45) is 0.936. The largest absolute Gasteiger partial charge is 0.493 e. The van der Waals surface area contributed by atoms with Gasteiger partial charge in [0, 0.05) is 11.6 Å². The molecule has 1 fully saturated rings. The number of para-hydroxylation sites is 1. The first-order valence-electron chi connectivity index (χ1n) is 10.4. The fourth-order valence-electron chi connectivity index (χ4n) is 3.73. The SMILES string of the molecule is COc1cc(-c2cc(=O)c3cccc(Cl)c3o2)cc(OCCO[C@H]2C[C@H](C(=O)O)C2)c1OC. The van der Waals surface area contributed by atoms with Gasteiger partial charge in [-0.1, -0.05) is 17.7 Å². The van der Waals surface area contributed by atoms with E-state index in [1.165, 1.54) is 20.3 Å². The van der Waals surface area contributed by atoms with Crippen LogP contribution >= 0.6 is 11.6 Å². The summed E-state index contributed by atoms with van der Waals surface area (Å²) in [5, 5.41) is 9.67. The zero-order chi connectivity index (χ0) is 23.5. The lowest BCUT2D eigenvalue weighted by atomic mass is 9.82. The molecule has 0 aliphatic heterocycles. The van der Waals surface area contributed by atoms with Gasteiger partial charge in [-0.2, -0.15) is 0 Å². The predicted molar refractivity (Wildman–Crippen MR) is 122 cm³/mol. The van der Waals surface area contributed by atoms with E-state index >= 15 is 0 Å². The van der Waals surface area contributed by atoms with Crippen molar-refractivity contribution in [3.8, 4) is 28.6 Å². The van der Waals surface area contributed by atoms with Gasteiger partial charge in [0.2, 0.25) is 5.75 Å². The van der Waals surface area contributed by atoms with Gasteiger partial charge in [-0.15, -0.1) is 0 Å². The number of aliphatic carboxylic acids is 1. The Morgan fingerprint density at radius 3 is 2.58 bits per heavy atom. The van der Waals surface area contributed by atoms with Gasteiger partial charge in [0.05, 0.1) is 43.3 Å². The van der Waals surface area contributed by atoms with Crippen LogP contribution in [0.3, 0.4) is 0 Å². The lowest BCUT2D eigenvalue weighted by molar-refractivity contribution is -0.151. The maximum atomic E-state index is 12.6. The van der Waals surface area contributed by atoms with Crippen LogP contribution in [0.15, 0.2) is 45.6 Å². The average molecular weight is 475 g/mol. The van der Waals surface area contributed by atoms with E-state index in [-0.39, 0.29) is 30.7 Å². The van der Waals surface area contributed by atoms with Crippen molar-refractivity contribution in [1.29, 1.82) is 0 Å². The summed E-state index contributed by atoms with van der Waals surface area (Å²) >= 11 is 6.23. The maximum Gasteiger partial charge on any atom is 0.306 e. The molecule has 3 aromatic rings. The molecule has 0 spiro atoms. The second-order valence-electron chi connectivity index (χ2n) is 7.65. The molecule has 0 radical (unpaired) electrons. The van der Waals surface area contributed by atoms with Gasteiger partial charge in [-0.05, 0) is 37.1 Å². The predicted octanol–water partition coefficient (Wildman–Crippen LogP) is 4.39. The molecule has 0 saturated heterocycles. The van der Waals surface area contributed by atoms with Crippen LogP contribution in [0.4, 0.5) is 0 Å². The van der Waals surface area contributed by atoms with E-state index in [1.807, 2.05) is 0 Å². The molecule has 33 heavy (non-hydrogen) atoms. The number of carbonyl (C=O) groups is 1. The molecular weight excluding hydrogens is 452 g/mol. The van der Waals surface area contributed by atoms with Crippen molar-refractivity contribution in [2.24, 2.45) is 5.92 Å². The van der Waals surface area contributed by atoms with Gasteiger partial charge >= 0.3 is 5.97 Å². The summed E-state index contributed by atoms with van der Waals surface area (Å²) < 4.78 is 28.4. The molecular formula is C24H23ClO8. The summed E-state index contributed by atoms with van der Waals surface area (Å²) in [4.78, 5) is 23.5. The van der Waals surface area contributed by atoms with Crippen LogP contribution in [-0.4, -0.2) is 44.6 Å². The Kier molecular flexibility index (Phi) is 6.76. The Labute approximate surface area is 194 Å². The number of benzene rings is 2. The molecule has 0 amide bonds. The Bertz CT molecular complexity index is 1230. The van der Waals surface area contributed by atoms with Gasteiger partial charge in [-0.3, -0.25) is 9.59 Å². The number of rotatable bonds is 9. The van der Waals surface area contributed by atoms with E-state index in [4.69, 9.17) is 40.1 Å². The molecule has 0 atom stereocenters. The Balaban J connectivity index is 1.56. The van der Waals surface area contributed by atoms with Crippen LogP contribution in [-0.2, 0) is 9.53 Å². The van der Waals surface area contributed by atoms with E-state index in [2.05, 4.69) is 0 Å². The molecule has 1 aliphatic carbocycles. The monoisotopic (exact) mass is 474 g/mol. The van der Waals surface area contributed by atoms with Crippen molar-refractivity contribution in [3.63, 3.8) is 0 Å². The topological polar surface area (TPSA) is 104 Å². The number of methoxy groups -OCH3 is 2. The smallest absolute Gasteiger partial charge is 0.306 e. The van der Waals surface area contributed by atoms with Crippen LogP contribution in [0.5, 0.6) is 17.2 Å². The quantitative estimate of drug-likeness (QED) is 0.455. The second-order valence-corrected chi connectivity index (χ2v) is 8.06. The van der Waals surface area contributed by atoms with E-state index in [0.29, 0.717) is 57.4 Å². The van der Waals surface area contributed by atoms with Crippen LogP contribution in [0.2, 0.25) is 5.02 Å². The Hall–Kier alpha value is -3.23. The molecule has 1 aliphatic rings. The third-order valence-corrected chi connectivity index (χ3v) is 5.87. The fourth-order valence-corrected chi connectivity index (χ4v) is 3.95. The molecule has 8 nitrogen and oxygen atoms in total. The van der Waals surface area contributed by atoms with Crippen molar-refractivity contribution in [3.05, 3.63) is 51.6 Å². The average Bonchev–Trinajstić information content (AvgIpc) is 2.77. The minimum absolute atomic E-state index is 0.0749. The maximum absolute atomic E-state index is 12.6. The van der Waals surface area contributed by atoms with Crippen molar-refractivity contribution in [2.45, 2.75) is 18.9 Å². The van der Waals surface area contributed by atoms with Crippen LogP contribution < -0.4 is 19.6 Å².